The van der Waals surface area contributed by atoms with E-state index >= 15 is 0 Å². The third-order valence-corrected chi connectivity index (χ3v) is 4.01. The van der Waals surface area contributed by atoms with E-state index in [1.165, 1.54) is 5.56 Å². The second kappa shape index (κ2) is 5.48. The summed E-state index contributed by atoms with van der Waals surface area (Å²) in [7, 11) is 0. The second-order valence-corrected chi connectivity index (χ2v) is 4.93. The molecule has 18 heavy (non-hydrogen) atoms. The van der Waals surface area contributed by atoms with E-state index in [9.17, 15) is 10.1 Å². The number of nitrogens with zero attached hydrogens (tertiary/aromatic N) is 1. The molecule has 4 nitrogen and oxygen atoms in total. The standard InChI is InChI=1S/C14H20N2O2/c1-3-12-13(9-14(12)15-4-2)10-5-7-11(8-6-10)16(17)18/h5-8,12-15H,3-4,9H2,1-2H3. The predicted octanol–water partition coefficient (Wildman–Crippen LogP) is 3.09. The van der Waals surface area contributed by atoms with Crippen LogP contribution in [0.4, 0.5) is 5.69 Å². The van der Waals surface area contributed by atoms with Crippen molar-refractivity contribution >= 4 is 5.69 Å². The molecule has 1 aromatic carbocycles. The van der Waals surface area contributed by atoms with Crippen LogP contribution < -0.4 is 5.32 Å². The smallest absolute Gasteiger partial charge is 0.269 e. The maximum Gasteiger partial charge on any atom is 0.269 e. The fourth-order valence-electron chi connectivity index (χ4n) is 3.00. The topological polar surface area (TPSA) is 55.2 Å². The Kier molecular flexibility index (Phi) is 3.97. The minimum absolute atomic E-state index is 0.175. The van der Waals surface area contributed by atoms with Crippen molar-refractivity contribution in [3.05, 3.63) is 39.9 Å². The molecule has 0 radical (unpaired) electrons. The molecule has 0 heterocycles. The third kappa shape index (κ3) is 2.38. The van der Waals surface area contributed by atoms with Gasteiger partial charge in [-0.1, -0.05) is 32.4 Å². The maximum absolute atomic E-state index is 10.6. The fourth-order valence-corrected chi connectivity index (χ4v) is 3.00. The summed E-state index contributed by atoms with van der Waals surface area (Å²) in [5.74, 6) is 1.21. The molecular formula is C14H20N2O2. The number of non-ortho nitro benzene ring substituents is 1. The number of nitrogens with one attached hydrogen (secondary N) is 1. The molecule has 0 bridgehead atoms. The highest BCUT2D eigenvalue weighted by Gasteiger charge is 2.39. The Morgan fingerprint density at radius 1 is 1.33 bits per heavy atom. The van der Waals surface area contributed by atoms with Crippen molar-refractivity contribution in [2.45, 2.75) is 38.6 Å². The van der Waals surface area contributed by atoms with E-state index in [1.807, 2.05) is 12.1 Å². The lowest BCUT2D eigenvalue weighted by Crippen LogP contribution is -2.48. The van der Waals surface area contributed by atoms with Crippen molar-refractivity contribution in [1.82, 2.24) is 5.32 Å². The summed E-state index contributed by atoms with van der Waals surface area (Å²) in [5.41, 5.74) is 1.41. The van der Waals surface area contributed by atoms with Crippen molar-refractivity contribution in [2.24, 2.45) is 5.92 Å². The number of benzene rings is 1. The molecule has 2 rings (SSSR count). The lowest BCUT2D eigenvalue weighted by Gasteiger charge is -2.45. The van der Waals surface area contributed by atoms with Gasteiger partial charge in [-0.15, -0.1) is 0 Å². The van der Waals surface area contributed by atoms with Crippen molar-refractivity contribution in [3.8, 4) is 0 Å². The number of nitro groups is 1. The minimum Gasteiger partial charge on any atom is -0.314 e. The molecule has 0 amide bonds. The summed E-state index contributed by atoms with van der Waals surface area (Å²) in [4.78, 5) is 10.3. The Balaban J connectivity index is 2.06. The first-order valence-electron chi connectivity index (χ1n) is 6.65. The largest absolute Gasteiger partial charge is 0.314 e. The highest BCUT2D eigenvalue weighted by atomic mass is 16.6. The molecule has 0 saturated heterocycles. The number of nitro benzene ring substituents is 1. The van der Waals surface area contributed by atoms with Crippen molar-refractivity contribution in [2.75, 3.05) is 6.54 Å². The van der Waals surface area contributed by atoms with Crippen molar-refractivity contribution in [3.63, 3.8) is 0 Å². The first-order chi connectivity index (χ1) is 8.67. The Bertz CT molecular complexity index is 416. The van der Waals surface area contributed by atoms with E-state index in [0.717, 1.165) is 19.4 Å². The van der Waals surface area contributed by atoms with E-state index in [-0.39, 0.29) is 10.6 Å². The van der Waals surface area contributed by atoms with Gasteiger partial charge >= 0.3 is 0 Å². The van der Waals surface area contributed by atoms with Gasteiger partial charge in [-0.25, -0.2) is 0 Å². The summed E-state index contributed by atoms with van der Waals surface area (Å²) in [6, 6.07) is 7.66. The van der Waals surface area contributed by atoms with Gasteiger partial charge in [-0.2, -0.15) is 0 Å². The van der Waals surface area contributed by atoms with Gasteiger partial charge in [0.2, 0.25) is 0 Å². The van der Waals surface area contributed by atoms with Crippen molar-refractivity contribution in [1.29, 1.82) is 0 Å². The first kappa shape index (κ1) is 13.0. The maximum atomic E-state index is 10.6. The third-order valence-electron chi connectivity index (χ3n) is 4.01. The van der Waals surface area contributed by atoms with Gasteiger partial charge in [0.15, 0.2) is 0 Å². The van der Waals surface area contributed by atoms with Crippen LogP contribution in [-0.2, 0) is 0 Å². The van der Waals surface area contributed by atoms with Gasteiger partial charge in [0.25, 0.3) is 5.69 Å². The molecule has 4 heteroatoms. The molecule has 0 spiro atoms. The molecule has 1 N–H and O–H groups in total. The van der Waals surface area contributed by atoms with Crippen LogP contribution >= 0.6 is 0 Å². The molecule has 3 atom stereocenters. The van der Waals surface area contributed by atoms with Gasteiger partial charge in [0, 0.05) is 18.2 Å². The second-order valence-electron chi connectivity index (χ2n) is 4.93. The van der Waals surface area contributed by atoms with Gasteiger partial charge in [0.1, 0.15) is 0 Å². The Labute approximate surface area is 108 Å². The SMILES string of the molecule is CCNC1CC(c2ccc([N+](=O)[O-])cc2)C1CC. The van der Waals surface area contributed by atoms with E-state index in [0.29, 0.717) is 17.9 Å². The zero-order valence-electron chi connectivity index (χ0n) is 10.9. The minimum atomic E-state index is -0.344. The van der Waals surface area contributed by atoms with Gasteiger partial charge < -0.3 is 5.32 Å². The lowest BCUT2D eigenvalue weighted by atomic mass is 9.65. The Morgan fingerprint density at radius 3 is 2.50 bits per heavy atom. The van der Waals surface area contributed by atoms with E-state index < -0.39 is 0 Å². The van der Waals surface area contributed by atoms with Crippen LogP contribution in [0.5, 0.6) is 0 Å². The van der Waals surface area contributed by atoms with Crippen LogP contribution in [0, 0.1) is 16.0 Å². The molecule has 0 aliphatic heterocycles. The summed E-state index contributed by atoms with van der Waals surface area (Å²) in [6.07, 6.45) is 2.30. The molecule has 3 unspecified atom stereocenters. The molecule has 1 aliphatic rings. The first-order valence-corrected chi connectivity index (χ1v) is 6.65. The number of rotatable bonds is 5. The van der Waals surface area contributed by atoms with Gasteiger partial charge in [-0.3, -0.25) is 10.1 Å². The molecule has 0 aromatic heterocycles. The average molecular weight is 248 g/mol. The Morgan fingerprint density at radius 2 is 2.00 bits per heavy atom. The molecular weight excluding hydrogens is 228 g/mol. The van der Waals surface area contributed by atoms with Crippen LogP contribution in [-0.4, -0.2) is 17.5 Å². The summed E-state index contributed by atoms with van der Waals surface area (Å²) in [5, 5.41) is 14.1. The number of hydrogen-bond donors (Lipinski definition) is 1. The van der Waals surface area contributed by atoms with Crippen LogP contribution in [0.3, 0.4) is 0 Å². The van der Waals surface area contributed by atoms with Gasteiger partial charge in [0.05, 0.1) is 4.92 Å². The van der Waals surface area contributed by atoms with E-state index in [1.54, 1.807) is 12.1 Å². The predicted molar refractivity (Wildman–Crippen MR) is 71.7 cm³/mol. The summed E-state index contributed by atoms with van der Waals surface area (Å²) in [6.45, 7) is 5.35. The zero-order valence-corrected chi connectivity index (χ0v) is 10.9. The van der Waals surface area contributed by atoms with Crippen LogP contribution in [0.15, 0.2) is 24.3 Å². The van der Waals surface area contributed by atoms with E-state index in [2.05, 4.69) is 19.2 Å². The van der Waals surface area contributed by atoms with Crippen molar-refractivity contribution < 1.29 is 4.92 Å². The number of hydrogen-bond acceptors (Lipinski definition) is 3. The zero-order chi connectivity index (χ0) is 13.1. The average Bonchev–Trinajstić information content (AvgIpc) is 2.34. The molecule has 1 aromatic rings. The fraction of sp³-hybridized carbons (Fsp3) is 0.571. The molecule has 1 fully saturated rings. The molecule has 1 saturated carbocycles. The normalized spacial score (nSPS) is 26.7. The highest BCUT2D eigenvalue weighted by Crippen LogP contribution is 2.44. The monoisotopic (exact) mass is 248 g/mol. The Hall–Kier alpha value is -1.42. The van der Waals surface area contributed by atoms with E-state index in [4.69, 9.17) is 0 Å². The van der Waals surface area contributed by atoms with Gasteiger partial charge in [-0.05, 0) is 30.4 Å². The molecule has 98 valence electrons. The lowest BCUT2D eigenvalue weighted by molar-refractivity contribution is -0.384. The quantitative estimate of drug-likeness (QED) is 0.643. The van der Waals surface area contributed by atoms with Crippen LogP contribution in [0.25, 0.3) is 0 Å². The molecule has 1 aliphatic carbocycles. The van der Waals surface area contributed by atoms with Crippen LogP contribution in [0.1, 0.15) is 38.2 Å². The summed E-state index contributed by atoms with van der Waals surface area (Å²) >= 11 is 0. The highest BCUT2D eigenvalue weighted by molar-refractivity contribution is 5.36. The summed E-state index contributed by atoms with van der Waals surface area (Å²) < 4.78 is 0. The van der Waals surface area contributed by atoms with Crippen LogP contribution in [0.2, 0.25) is 0 Å².